The largest absolute Gasteiger partial charge is 0.228 e. The van der Waals surface area contributed by atoms with Gasteiger partial charge in [-0.3, -0.25) is 0 Å². The van der Waals surface area contributed by atoms with Crippen LogP contribution >= 0.6 is 11.6 Å². The van der Waals surface area contributed by atoms with Gasteiger partial charge >= 0.3 is 0 Å². The lowest BCUT2D eigenvalue weighted by Crippen LogP contribution is -1.97. The Morgan fingerprint density at radius 1 is 1.00 bits per heavy atom. The van der Waals surface area contributed by atoms with E-state index >= 15 is 0 Å². The van der Waals surface area contributed by atoms with E-state index in [1.807, 2.05) is 24.3 Å². The molecule has 0 bridgehead atoms. The zero-order valence-corrected chi connectivity index (χ0v) is 13.2. The number of nitrogens with zero attached hydrogens (tertiary/aromatic N) is 2. The summed E-state index contributed by atoms with van der Waals surface area (Å²) in [7, 11) is 0. The quantitative estimate of drug-likeness (QED) is 0.613. The van der Waals surface area contributed by atoms with Crippen molar-refractivity contribution in [1.29, 1.82) is 0 Å². The van der Waals surface area contributed by atoms with Crippen molar-refractivity contribution < 1.29 is 0 Å². The highest BCUT2D eigenvalue weighted by molar-refractivity contribution is 6.34. The third kappa shape index (κ3) is 2.40. The third-order valence-electron chi connectivity index (χ3n) is 3.99. The van der Waals surface area contributed by atoms with Crippen LogP contribution in [0.3, 0.4) is 0 Å². The molecule has 0 amide bonds. The number of hydrogen-bond donors (Lipinski definition) is 0. The average Bonchev–Trinajstić information content (AvgIpc) is 2.49. The van der Waals surface area contributed by atoms with Crippen molar-refractivity contribution in [1.82, 2.24) is 9.97 Å². The Kier molecular flexibility index (Phi) is 3.64. The van der Waals surface area contributed by atoms with E-state index in [4.69, 9.17) is 16.6 Å². The summed E-state index contributed by atoms with van der Waals surface area (Å²) in [5.41, 5.74) is 5.63. The molecule has 0 radical (unpaired) electrons. The lowest BCUT2D eigenvalue weighted by Gasteiger charge is -2.10. The minimum Gasteiger partial charge on any atom is -0.228 e. The van der Waals surface area contributed by atoms with Gasteiger partial charge in [-0.25, -0.2) is 9.97 Å². The van der Waals surface area contributed by atoms with E-state index in [9.17, 15) is 0 Å². The molecule has 2 nitrogen and oxygen atoms in total. The first-order valence-corrected chi connectivity index (χ1v) is 7.51. The first kappa shape index (κ1) is 14.0. The van der Waals surface area contributed by atoms with Crippen LogP contribution in [0.15, 0.2) is 36.4 Å². The van der Waals surface area contributed by atoms with Crippen LogP contribution < -0.4 is 0 Å². The molecule has 0 fully saturated rings. The maximum absolute atomic E-state index is 6.38. The minimum atomic E-state index is 0.520. The number of halogens is 1. The summed E-state index contributed by atoms with van der Waals surface area (Å²) in [6.07, 6.45) is 0.928. The number of para-hydroxylation sites is 1. The van der Waals surface area contributed by atoms with Gasteiger partial charge in [0.25, 0.3) is 0 Å². The van der Waals surface area contributed by atoms with Gasteiger partial charge in [-0.05, 0) is 43.0 Å². The van der Waals surface area contributed by atoms with Gasteiger partial charge in [0.05, 0.1) is 5.52 Å². The highest BCUT2D eigenvalue weighted by Gasteiger charge is 2.12. The Balaban J connectivity index is 2.32. The molecule has 0 saturated heterocycles. The molecule has 3 aromatic rings. The zero-order chi connectivity index (χ0) is 15.0. The van der Waals surface area contributed by atoms with Crippen molar-refractivity contribution in [3.63, 3.8) is 0 Å². The smallest absolute Gasteiger partial charge is 0.161 e. The number of hydrogen-bond acceptors (Lipinski definition) is 2. The molecule has 1 heterocycles. The standard InChI is InChI=1S/C18H17ClN2/c1-4-13-8-6-10-15-16(13)20-18(21-17(15)19)14-9-5-7-11(2)12(14)3/h5-10H,4H2,1-3H3. The monoisotopic (exact) mass is 296 g/mol. The molecule has 0 aliphatic carbocycles. The molecular weight excluding hydrogens is 280 g/mol. The molecule has 0 N–H and O–H groups in total. The minimum absolute atomic E-state index is 0.520. The van der Waals surface area contributed by atoms with E-state index in [1.165, 1.54) is 16.7 Å². The van der Waals surface area contributed by atoms with Crippen LogP contribution in [-0.4, -0.2) is 9.97 Å². The van der Waals surface area contributed by atoms with E-state index in [0.29, 0.717) is 11.0 Å². The average molecular weight is 297 g/mol. The van der Waals surface area contributed by atoms with Gasteiger partial charge in [0, 0.05) is 10.9 Å². The van der Waals surface area contributed by atoms with Gasteiger partial charge in [0.1, 0.15) is 5.15 Å². The summed E-state index contributed by atoms with van der Waals surface area (Å²) >= 11 is 6.38. The van der Waals surface area contributed by atoms with Crippen LogP contribution in [0.2, 0.25) is 5.15 Å². The van der Waals surface area contributed by atoms with Crippen molar-refractivity contribution in [3.05, 3.63) is 58.2 Å². The first-order chi connectivity index (χ1) is 10.1. The van der Waals surface area contributed by atoms with Gasteiger partial charge in [0.15, 0.2) is 5.82 Å². The molecule has 3 rings (SSSR count). The predicted molar refractivity (Wildman–Crippen MR) is 88.8 cm³/mol. The Morgan fingerprint density at radius 2 is 1.76 bits per heavy atom. The predicted octanol–water partition coefficient (Wildman–Crippen LogP) is 5.13. The van der Waals surface area contributed by atoms with Crippen LogP contribution in [0, 0.1) is 13.8 Å². The number of benzene rings is 2. The Morgan fingerprint density at radius 3 is 2.52 bits per heavy atom. The fourth-order valence-electron chi connectivity index (χ4n) is 2.57. The highest BCUT2D eigenvalue weighted by Crippen LogP contribution is 2.29. The van der Waals surface area contributed by atoms with Gasteiger partial charge in [-0.15, -0.1) is 0 Å². The summed E-state index contributed by atoms with van der Waals surface area (Å²) in [5, 5.41) is 1.44. The van der Waals surface area contributed by atoms with Gasteiger partial charge in [-0.2, -0.15) is 0 Å². The fourth-order valence-corrected chi connectivity index (χ4v) is 2.81. The number of rotatable bonds is 2. The maximum Gasteiger partial charge on any atom is 0.161 e. The van der Waals surface area contributed by atoms with E-state index in [2.05, 4.69) is 37.9 Å². The van der Waals surface area contributed by atoms with Gasteiger partial charge < -0.3 is 0 Å². The number of fused-ring (bicyclic) bond motifs is 1. The van der Waals surface area contributed by atoms with Crippen molar-refractivity contribution >= 4 is 22.5 Å². The van der Waals surface area contributed by atoms with Crippen LogP contribution in [0.4, 0.5) is 0 Å². The molecule has 0 aliphatic heterocycles. The molecule has 0 unspecified atom stereocenters. The molecule has 3 heteroatoms. The van der Waals surface area contributed by atoms with Crippen LogP contribution in [0.1, 0.15) is 23.6 Å². The summed E-state index contributed by atoms with van der Waals surface area (Å²) < 4.78 is 0. The van der Waals surface area contributed by atoms with Crippen molar-refractivity contribution in [3.8, 4) is 11.4 Å². The molecule has 2 aromatic carbocycles. The second-order valence-corrected chi connectivity index (χ2v) is 5.61. The second kappa shape index (κ2) is 5.45. The molecule has 0 atom stereocenters. The Labute approximate surface area is 129 Å². The van der Waals surface area contributed by atoms with E-state index < -0.39 is 0 Å². The SMILES string of the molecule is CCc1cccc2c(Cl)nc(-c3cccc(C)c3C)nc12. The number of aromatic nitrogens is 2. The second-order valence-electron chi connectivity index (χ2n) is 5.25. The summed E-state index contributed by atoms with van der Waals surface area (Å²) in [4.78, 5) is 9.29. The molecule has 21 heavy (non-hydrogen) atoms. The maximum atomic E-state index is 6.38. The van der Waals surface area contributed by atoms with Crippen molar-refractivity contribution in [2.45, 2.75) is 27.2 Å². The van der Waals surface area contributed by atoms with Crippen LogP contribution in [0.25, 0.3) is 22.3 Å². The van der Waals surface area contributed by atoms with Crippen LogP contribution in [0.5, 0.6) is 0 Å². The third-order valence-corrected chi connectivity index (χ3v) is 4.28. The molecule has 0 spiro atoms. The molecular formula is C18H17ClN2. The van der Waals surface area contributed by atoms with Crippen molar-refractivity contribution in [2.75, 3.05) is 0 Å². The first-order valence-electron chi connectivity index (χ1n) is 7.13. The Hall–Kier alpha value is -1.93. The van der Waals surface area contributed by atoms with E-state index in [1.54, 1.807) is 0 Å². The summed E-state index contributed by atoms with van der Waals surface area (Å²) in [6.45, 7) is 6.32. The van der Waals surface area contributed by atoms with Gasteiger partial charge in [-0.1, -0.05) is 48.9 Å². The highest BCUT2D eigenvalue weighted by atomic mass is 35.5. The van der Waals surface area contributed by atoms with Crippen LogP contribution in [-0.2, 0) is 6.42 Å². The zero-order valence-electron chi connectivity index (χ0n) is 12.4. The normalized spacial score (nSPS) is 11.0. The topological polar surface area (TPSA) is 25.8 Å². The van der Waals surface area contributed by atoms with Crippen molar-refractivity contribution in [2.24, 2.45) is 0 Å². The van der Waals surface area contributed by atoms with E-state index in [-0.39, 0.29) is 0 Å². The lowest BCUT2D eigenvalue weighted by molar-refractivity contribution is 1.13. The summed E-state index contributed by atoms with van der Waals surface area (Å²) in [5.74, 6) is 0.703. The number of aryl methyl sites for hydroxylation is 2. The molecule has 0 saturated carbocycles. The lowest BCUT2D eigenvalue weighted by atomic mass is 10.0. The fraction of sp³-hybridized carbons (Fsp3) is 0.222. The summed E-state index contributed by atoms with van der Waals surface area (Å²) in [6, 6.07) is 12.3. The molecule has 1 aromatic heterocycles. The molecule has 106 valence electrons. The van der Waals surface area contributed by atoms with E-state index in [0.717, 1.165) is 22.9 Å². The molecule has 0 aliphatic rings. The Bertz CT molecular complexity index is 825. The van der Waals surface area contributed by atoms with Gasteiger partial charge in [0.2, 0.25) is 0 Å².